The summed E-state index contributed by atoms with van der Waals surface area (Å²) < 4.78 is 0. The highest BCUT2D eigenvalue weighted by Crippen LogP contribution is 2.76. The molecule has 3 fully saturated rings. The molecule has 1 heteroatoms. The molecular weight excluding hydrogens is 203 g/mol. The number of hydrogen-bond donors (Lipinski definition) is 0. The third kappa shape index (κ3) is 1.43. The van der Waals surface area contributed by atoms with E-state index in [1.807, 2.05) is 0 Å². The zero-order chi connectivity index (χ0) is 12.3. The van der Waals surface area contributed by atoms with Gasteiger partial charge in [-0.3, -0.25) is 0 Å². The van der Waals surface area contributed by atoms with Crippen molar-refractivity contribution < 1.29 is 0 Å². The molecule has 96 valence electrons. The molecule has 0 amide bonds. The van der Waals surface area contributed by atoms with Gasteiger partial charge in [-0.2, -0.15) is 0 Å². The molecule has 3 aliphatic heterocycles. The Morgan fingerprint density at radius 2 is 1.24 bits per heavy atom. The van der Waals surface area contributed by atoms with Crippen LogP contribution in [0.4, 0.5) is 0 Å². The first kappa shape index (κ1) is 12.1. The monoisotopic (exact) mass is 232 g/mol. The van der Waals surface area contributed by atoms with Crippen LogP contribution in [0.25, 0.3) is 0 Å². The lowest BCUT2D eigenvalue weighted by molar-refractivity contribution is 0.258. The normalized spacial score (nSPS) is 49.6. The summed E-state index contributed by atoms with van der Waals surface area (Å²) in [6, 6.07) is 0. The van der Waals surface area contributed by atoms with Crippen LogP contribution >= 0.6 is 0 Å². The van der Waals surface area contributed by atoms with Crippen LogP contribution in [0.2, 0.25) is 15.9 Å². The second kappa shape index (κ2) is 3.55. The molecule has 0 N–H and O–H groups in total. The topological polar surface area (TPSA) is 0 Å². The van der Waals surface area contributed by atoms with Gasteiger partial charge in [0.05, 0.1) is 0 Å². The third-order valence-corrected chi connectivity index (χ3v) is 7.17. The first-order valence-electron chi connectivity index (χ1n) is 7.93. The molecule has 0 aromatic carbocycles. The fraction of sp³-hybridized carbons (Fsp3) is 1.00. The molecule has 0 aromatic heterocycles. The summed E-state index contributed by atoms with van der Waals surface area (Å²) in [5.74, 6) is 0.893. The fourth-order valence-corrected chi connectivity index (χ4v) is 6.59. The zero-order valence-corrected chi connectivity index (χ0v) is 12.3. The molecule has 0 aromatic rings. The van der Waals surface area contributed by atoms with Crippen LogP contribution in [0, 0.1) is 5.92 Å². The van der Waals surface area contributed by atoms with Crippen LogP contribution in [0.1, 0.15) is 79.1 Å². The lowest BCUT2D eigenvalue weighted by atomic mass is 9.10. The van der Waals surface area contributed by atoms with Crippen molar-refractivity contribution in [3.8, 4) is 0 Å². The van der Waals surface area contributed by atoms with Crippen LogP contribution < -0.4 is 0 Å². The van der Waals surface area contributed by atoms with Crippen molar-refractivity contribution in [3.05, 3.63) is 0 Å². The minimum atomic E-state index is 0.692. The SMILES string of the molecule is CC(C)C12CCCC3(C)CCC(C)(CCC1)B32. The van der Waals surface area contributed by atoms with E-state index in [-0.39, 0.29) is 0 Å². The second-order valence-electron chi connectivity index (χ2n) is 8.34. The van der Waals surface area contributed by atoms with Gasteiger partial charge in [0.2, 0.25) is 0 Å². The van der Waals surface area contributed by atoms with Gasteiger partial charge in [-0.1, -0.05) is 89.7 Å². The summed E-state index contributed by atoms with van der Waals surface area (Å²) in [6.45, 7) is 11.3. The van der Waals surface area contributed by atoms with E-state index in [1.165, 1.54) is 51.4 Å². The maximum absolute atomic E-state index is 2.63. The van der Waals surface area contributed by atoms with Crippen LogP contribution in [0.15, 0.2) is 0 Å². The van der Waals surface area contributed by atoms with E-state index in [0.29, 0.717) is 15.9 Å². The highest BCUT2D eigenvalue weighted by molar-refractivity contribution is 6.70. The molecule has 0 radical (unpaired) electrons. The Morgan fingerprint density at radius 3 is 1.65 bits per heavy atom. The smallest absolute Gasteiger partial charge is 0.0662 e. The van der Waals surface area contributed by atoms with Crippen molar-refractivity contribution in [2.24, 2.45) is 5.92 Å². The molecule has 0 nitrogen and oxygen atoms in total. The van der Waals surface area contributed by atoms with E-state index in [1.54, 1.807) is 0 Å². The summed E-state index contributed by atoms with van der Waals surface area (Å²) >= 11 is 0. The van der Waals surface area contributed by atoms with Crippen molar-refractivity contribution in [3.63, 3.8) is 0 Å². The molecule has 3 rings (SSSR count). The van der Waals surface area contributed by atoms with Crippen LogP contribution in [0.3, 0.4) is 0 Å². The van der Waals surface area contributed by atoms with E-state index < -0.39 is 0 Å². The average molecular weight is 232 g/mol. The maximum Gasteiger partial charge on any atom is 0.159 e. The molecule has 0 spiro atoms. The highest BCUT2D eigenvalue weighted by atomic mass is 14.5. The zero-order valence-electron chi connectivity index (χ0n) is 12.3. The van der Waals surface area contributed by atoms with Crippen molar-refractivity contribution in [2.45, 2.75) is 95.0 Å². The molecule has 2 unspecified atom stereocenters. The summed E-state index contributed by atoms with van der Waals surface area (Å²) in [5, 5.41) is 2.09. The quantitative estimate of drug-likeness (QED) is 0.519. The van der Waals surface area contributed by atoms with Crippen LogP contribution in [-0.2, 0) is 0 Å². The molecule has 2 atom stereocenters. The Morgan fingerprint density at radius 1 is 0.765 bits per heavy atom. The molecule has 0 saturated carbocycles. The summed E-state index contributed by atoms with van der Waals surface area (Å²) in [7, 11) is 0. The van der Waals surface area contributed by atoms with Gasteiger partial charge in [0.15, 0.2) is 6.71 Å². The maximum atomic E-state index is 2.63. The Labute approximate surface area is 108 Å². The van der Waals surface area contributed by atoms with Crippen molar-refractivity contribution in [2.75, 3.05) is 0 Å². The largest absolute Gasteiger partial charge is 0.159 e. The lowest BCUT2D eigenvalue weighted by Crippen LogP contribution is -2.52. The lowest BCUT2D eigenvalue weighted by Gasteiger charge is -2.59. The molecule has 17 heavy (non-hydrogen) atoms. The van der Waals surface area contributed by atoms with Crippen LogP contribution in [-0.4, -0.2) is 6.71 Å². The number of hydrogen-bond acceptors (Lipinski definition) is 0. The minimum absolute atomic E-state index is 0.692. The van der Waals surface area contributed by atoms with Crippen LogP contribution in [0.5, 0.6) is 0 Å². The van der Waals surface area contributed by atoms with E-state index in [2.05, 4.69) is 27.7 Å². The van der Waals surface area contributed by atoms with Gasteiger partial charge < -0.3 is 0 Å². The van der Waals surface area contributed by atoms with Gasteiger partial charge in [0, 0.05) is 0 Å². The Kier molecular flexibility index (Phi) is 2.53. The molecule has 3 saturated heterocycles. The van der Waals surface area contributed by atoms with E-state index in [0.717, 1.165) is 12.6 Å². The van der Waals surface area contributed by atoms with Gasteiger partial charge in [-0.25, -0.2) is 0 Å². The van der Waals surface area contributed by atoms with Gasteiger partial charge >= 0.3 is 0 Å². The van der Waals surface area contributed by atoms with E-state index in [9.17, 15) is 0 Å². The summed E-state index contributed by atoms with van der Waals surface area (Å²) in [6.07, 6.45) is 12.1. The van der Waals surface area contributed by atoms with Crippen molar-refractivity contribution in [1.82, 2.24) is 0 Å². The molecule has 3 heterocycles. The van der Waals surface area contributed by atoms with Crippen molar-refractivity contribution in [1.29, 1.82) is 0 Å². The Bertz CT molecular complexity index is 297. The standard InChI is InChI=1S/C16H29B/c1-13(2)16-9-5-7-14(3)11-12-15(4,17(14)16)8-6-10-16/h13H,5-12H2,1-4H3. The molecular formula is C16H29B. The second-order valence-corrected chi connectivity index (χ2v) is 8.34. The predicted molar refractivity (Wildman–Crippen MR) is 77.0 cm³/mol. The van der Waals surface area contributed by atoms with E-state index in [4.69, 9.17) is 0 Å². The van der Waals surface area contributed by atoms with Crippen molar-refractivity contribution >= 4 is 6.71 Å². The fourth-order valence-electron chi connectivity index (χ4n) is 6.59. The average Bonchev–Trinajstić information content (AvgIpc) is 2.53. The summed E-state index contributed by atoms with van der Waals surface area (Å²) in [4.78, 5) is 0. The van der Waals surface area contributed by atoms with Gasteiger partial charge in [0.1, 0.15) is 0 Å². The van der Waals surface area contributed by atoms with Gasteiger partial charge in [0.25, 0.3) is 0 Å². The predicted octanol–water partition coefficient (Wildman–Crippen LogP) is 5.56. The Hall–Kier alpha value is 0.0649. The highest BCUT2D eigenvalue weighted by Gasteiger charge is 2.66. The number of rotatable bonds is 1. The van der Waals surface area contributed by atoms with Gasteiger partial charge in [-0.15, -0.1) is 0 Å². The molecule has 3 aliphatic rings. The summed E-state index contributed by atoms with van der Waals surface area (Å²) in [5.41, 5.74) is 0. The third-order valence-electron chi connectivity index (χ3n) is 7.17. The van der Waals surface area contributed by atoms with E-state index >= 15 is 0 Å². The minimum Gasteiger partial charge on any atom is -0.0662 e. The molecule has 0 aliphatic carbocycles. The molecule has 0 bridgehead atoms. The first-order chi connectivity index (χ1) is 7.93. The van der Waals surface area contributed by atoms with Gasteiger partial charge in [-0.05, 0) is 11.2 Å². The Balaban J connectivity index is 2.08. The first-order valence-corrected chi connectivity index (χ1v) is 7.93.